The molecule has 2 aromatic heterocycles. The topological polar surface area (TPSA) is 51.8 Å². The van der Waals surface area contributed by atoms with Crippen LogP contribution >= 0.6 is 0 Å². The second kappa shape index (κ2) is 4.21. The van der Waals surface area contributed by atoms with Crippen molar-refractivity contribution in [2.45, 2.75) is 26.7 Å². The molecule has 78 valence electrons. The highest BCUT2D eigenvalue weighted by molar-refractivity contribution is 5.46. The Kier molecular flexibility index (Phi) is 2.76. The van der Waals surface area contributed by atoms with Crippen LogP contribution in [0.3, 0.4) is 0 Å². The van der Waals surface area contributed by atoms with Gasteiger partial charge in [-0.2, -0.15) is 4.98 Å². The highest BCUT2D eigenvalue weighted by atomic mass is 16.5. The minimum absolute atomic E-state index is 0.482. The first-order valence-electron chi connectivity index (χ1n) is 5.05. The molecule has 0 aromatic carbocycles. The average molecular weight is 203 g/mol. The van der Waals surface area contributed by atoms with E-state index in [0.29, 0.717) is 11.7 Å². The molecule has 0 radical (unpaired) electrons. The Morgan fingerprint density at radius 3 is 2.73 bits per heavy atom. The third kappa shape index (κ3) is 2.21. The van der Waals surface area contributed by atoms with Gasteiger partial charge in [0.15, 0.2) is 5.82 Å². The summed E-state index contributed by atoms with van der Waals surface area (Å²) in [5, 5.41) is 3.73. The van der Waals surface area contributed by atoms with Gasteiger partial charge < -0.3 is 4.52 Å². The Morgan fingerprint density at radius 2 is 2.20 bits per heavy atom. The zero-order valence-corrected chi connectivity index (χ0v) is 8.90. The molecule has 4 nitrogen and oxygen atoms in total. The molecule has 4 heteroatoms. The molecule has 0 saturated carbocycles. The first-order valence-corrected chi connectivity index (χ1v) is 5.05. The normalized spacial score (nSPS) is 10.5. The van der Waals surface area contributed by atoms with Gasteiger partial charge in [0, 0.05) is 6.20 Å². The summed E-state index contributed by atoms with van der Waals surface area (Å²) in [5.74, 6) is 1.11. The van der Waals surface area contributed by atoms with Gasteiger partial charge in [0.25, 0.3) is 5.89 Å². The number of rotatable bonds is 3. The molecular formula is C11H13N3O. The maximum absolute atomic E-state index is 5.03. The lowest BCUT2D eigenvalue weighted by molar-refractivity contribution is 0.424. The average Bonchev–Trinajstić information content (AvgIpc) is 2.67. The van der Waals surface area contributed by atoms with Gasteiger partial charge >= 0.3 is 0 Å². The van der Waals surface area contributed by atoms with Crippen LogP contribution in [-0.4, -0.2) is 15.1 Å². The molecule has 2 heterocycles. The smallest absolute Gasteiger partial charge is 0.276 e. The van der Waals surface area contributed by atoms with Crippen molar-refractivity contribution < 1.29 is 4.52 Å². The van der Waals surface area contributed by atoms with E-state index in [1.54, 1.807) is 6.92 Å². The molecule has 0 fully saturated rings. The molecule has 0 unspecified atom stereocenters. The van der Waals surface area contributed by atoms with E-state index in [-0.39, 0.29) is 0 Å². The van der Waals surface area contributed by atoms with Gasteiger partial charge in [0.2, 0.25) is 0 Å². The van der Waals surface area contributed by atoms with Crippen molar-refractivity contribution in [2.24, 2.45) is 0 Å². The zero-order chi connectivity index (χ0) is 10.7. The summed E-state index contributed by atoms with van der Waals surface area (Å²) < 4.78 is 5.03. The quantitative estimate of drug-likeness (QED) is 0.768. The minimum Gasteiger partial charge on any atom is -0.332 e. The van der Waals surface area contributed by atoms with Gasteiger partial charge in [-0.3, -0.25) is 4.98 Å². The first kappa shape index (κ1) is 9.83. The van der Waals surface area contributed by atoms with Gasteiger partial charge in [0.1, 0.15) is 5.69 Å². The zero-order valence-electron chi connectivity index (χ0n) is 8.90. The molecule has 0 bridgehead atoms. The van der Waals surface area contributed by atoms with Crippen LogP contribution in [-0.2, 0) is 6.42 Å². The van der Waals surface area contributed by atoms with E-state index in [9.17, 15) is 0 Å². The molecule has 2 rings (SSSR count). The van der Waals surface area contributed by atoms with Crippen molar-refractivity contribution >= 4 is 0 Å². The van der Waals surface area contributed by atoms with Crippen molar-refractivity contribution in [2.75, 3.05) is 0 Å². The van der Waals surface area contributed by atoms with Crippen LogP contribution in [0.2, 0.25) is 0 Å². The Hall–Kier alpha value is -1.71. The van der Waals surface area contributed by atoms with Crippen LogP contribution in [0.25, 0.3) is 11.6 Å². The largest absolute Gasteiger partial charge is 0.332 e. The molecule has 0 aliphatic rings. The fourth-order valence-corrected chi connectivity index (χ4v) is 1.39. The summed E-state index contributed by atoms with van der Waals surface area (Å²) in [7, 11) is 0. The van der Waals surface area contributed by atoms with Crippen molar-refractivity contribution in [1.29, 1.82) is 0 Å². The van der Waals surface area contributed by atoms with Crippen molar-refractivity contribution in [3.63, 3.8) is 0 Å². The van der Waals surface area contributed by atoms with Crippen LogP contribution in [0, 0.1) is 6.92 Å². The highest BCUT2D eigenvalue weighted by Gasteiger charge is 2.06. The van der Waals surface area contributed by atoms with Crippen molar-refractivity contribution in [3.8, 4) is 11.6 Å². The predicted molar refractivity (Wildman–Crippen MR) is 56.3 cm³/mol. The van der Waals surface area contributed by atoms with Crippen molar-refractivity contribution in [3.05, 3.63) is 29.7 Å². The molecule has 2 aromatic rings. The SMILES string of the molecule is CCCc1ccc(-c2nc(C)no2)nc1. The molecule has 15 heavy (non-hydrogen) atoms. The van der Waals surface area contributed by atoms with Gasteiger partial charge in [-0.15, -0.1) is 0 Å². The predicted octanol–water partition coefficient (Wildman–Crippen LogP) is 2.39. The molecule has 0 aliphatic heterocycles. The summed E-state index contributed by atoms with van der Waals surface area (Å²) in [6, 6.07) is 3.96. The first-order chi connectivity index (χ1) is 7.29. The Bertz CT molecular complexity index is 433. The second-order valence-corrected chi connectivity index (χ2v) is 3.45. The summed E-state index contributed by atoms with van der Waals surface area (Å²) in [6.45, 7) is 3.94. The number of pyridine rings is 1. The number of hydrogen-bond donors (Lipinski definition) is 0. The third-order valence-electron chi connectivity index (χ3n) is 2.11. The van der Waals surface area contributed by atoms with Gasteiger partial charge in [0.05, 0.1) is 0 Å². The summed E-state index contributed by atoms with van der Waals surface area (Å²) in [5.41, 5.74) is 1.97. The van der Waals surface area contributed by atoms with E-state index >= 15 is 0 Å². The molecule has 0 aliphatic carbocycles. The van der Waals surface area contributed by atoms with Crippen LogP contribution in [0.1, 0.15) is 24.7 Å². The maximum atomic E-state index is 5.03. The van der Waals surface area contributed by atoms with Crippen LogP contribution in [0.5, 0.6) is 0 Å². The highest BCUT2D eigenvalue weighted by Crippen LogP contribution is 2.14. The Balaban J connectivity index is 2.23. The minimum atomic E-state index is 0.482. The van der Waals surface area contributed by atoms with Gasteiger partial charge in [-0.05, 0) is 25.0 Å². The molecule has 0 N–H and O–H groups in total. The van der Waals surface area contributed by atoms with E-state index in [4.69, 9.17) is 4.52 Å². The molecule has 0 amide bonds. The summed E-state index contributed by atoms with van der Waals surface area (Å²) >= 11 is 0. The fourth-order valence-electron chi connectivity index (χ4n) is 1.39. The van der Waals surface area contributed by atoms with Gasteiger partial charge in [-0.1, -0.05) is 24.6 Å². The number of aryl methyl sites for hydroxylation is 2. The lowest BCUT2D eigenvalue weighted by Gasteiger charge is -1.97. The van der Waals surface area contributed by atoms with E-state index in [1.807, 2.05) is 18.3 Å². The van der Waals surface area contributed by atoms with Crippen LogP contribution < -0.4 is 0 Å². The maximum Gasteiger partial charge on any atom is 0.276 e. The monoisotopic (exact) mass is 203 g/mol. The molecule has 0 saturated heterocycles. The Labute approximate surface area is 88.4 Å². The Morgan fingerprint density at radius 1 is 1.33 bits per heavy atom. The fraction of sp³-hybridized carbons (Fsp3) is 0.364. The summed E-state index contributed by atoms with van der Waals surface area (Å²) in [4.78, 5) is 8.40. The number of aromatic nitrogens is 3. The lowest BCUT2D eigenvalue weighted by atomic mass is 10.1. The lowest BCUT2D eigenvalue weighted by Crippen LogP contribution is -1.88. The van der Waals surface area contributed by atoms with Crippen molar-refractivity contribution in [1.82, 2.24) is 15.1 Å². The molecular weight excluding hydrogens is 190 g/mol. The van der Waals surface area contributed by atoms with E-state index in [0.717, 1.165) is 18.5 Å². The second-order valence-electron chi connectivity index (χ2n) is 3.45. The van der Waals surface area contributed by atoms with Crippen LogP contribution in [0.15, 0.2) is 22.9 Å². The summed E-state index contributed by atoms with van der Waals surface area (Å²) in [6.07, 6.45) is 4.04. The van der Waals surface area contributed by atoms with Gasteiger partial charge in [-0.25, -0.2) is 0 Å². The van der Waals surface area contributed by atoms with Crippen LogP contribution in [0.4, 0.5) is 0 Å². The van der Waals surface area contributed by atoms with E-state index < -0.39 is 0 Å². The number of hydrogen-bond acceptors (Lipinski definition) is 4. The third-order valence-corrected chi connectivity index (χ3v) is 2.11. The number of nitrogens with zero attached hydrogens (tertiary/aromatic N) is 3. The molecule has 0 spiro atoms. The molecule has 0 atom stereocenters. The van der Waals surface area contributed by atoms with E-state index in [2.05, 4.69) is 22.0 Å². The standard InChI is InChI=1S/C11H13N3O/c1-3-4-9-5-6-10(12-7-9)11-13-8(2)14-15-11/h5-7H,3-4H2,1-2H3. The van der Waals surface area contributed by atoms with E-state index in [1.165, 1.54) is 5.56 Å².